The van der Waals surface area contributed by atoms with Gasteiger partial charge in [0, 0.05) is 24.8 Å². The summed E-state index contributed by atoms with van der Waals surface area (Å²) in [6.07, 6.45) is 3.52. The van der Waals surface area contributed by atoms with Gasteiger partial charge in [0.05, 0.1) is 0 Å². The lowest BCUT2D eigenvalue weighted by molar-refractivity contribution is 0.617. The first-order chi connectivity index (χ1) is 8.70. The molecule has 100 valence electrons. The van der Waals surface area contributed by atoms with Gasteiger partial charge in [-0.15, -0.1) is 0 Å². The van der Waals surface area contributed by atoms with Crippen LogP contribution in [0.2, 0.25) is 0 Å². The van der Waals surface area contributed by atoms with Crippen LogP contribution < -0.4 is 10.2 Å². The Morgan fingerprint density at radius 3 is 2.89 bits per heavy atom. The summed E-state index contributed by atoms with van der Waals surface area (Å²) < 4.78 is 13.7. The second-order valence-electron chi connectivity index (χ2n) is 5.18. The van der Waals surface area contributed by atoms with E-state index in [-0.39, 0.29) is 5.82 Å². The number of anilines is 1. The summed E-state index contributed by atoms with van der Waals surface area (Å²) in [5.41, 5.74) is 2.07. The van der Waals surface area contributed by atoms with Gasteiger partial charge in [-0.25, -0.2) is 4.39 Å². The molecule has 1 heterocycles. The molecule has 1 aromatic rings. The molecule has 1 aliphatic rings. The van der Waals surface area contributed by atoms with Gasteiger partial charge in [-0.3, -0.25) is 0 Å². The molecule has 3 heteroatoms. The Hall–Kier alpha value is -1.09. The normalized spacial score (nSPS) is 19.5. The molecular formula is C15H23FN2. The van der Waals surface area contributed by atoms with Crippen molar-refractivity contribution in [1.29, 1.82) is 0 Å². The molecule has 0 aromatic heterocycles. The van der Waals surface area contributed by atoms with E-state index >= 15 is 0 Å². The molecule has 1 N–H and O–H groups in total. The van der Waals surface area contributed by atoms with Crippen LogP contribution in [0.4, 0.5) is 10.1 Å². The number of halogens is 1. The molecule has 0 saturated carbocycles. The van der Waals surface area contributed by atoms with Crippen molar-refractivity contribution in [3.05, 3.63) is 29.6 Å². The molecule has 0 amide bonds. The van der Waals surface area contributed by atoms with Gasteiger partial charge in [0.1, 0.15) is 5.82 Å². The fourth-order valence-corrected chi connectivity index (χ4v) is 2.63. The first-order valence-corrected chi connectivity index (χ1v) is 6.97. The summed E-state index contributed by atoms with van der Waals surface area (Å²) >= 11 is 0. The van der Waals surface area contributed by atoms with Crippen molar-refractivity contribution >= 4 is 5.69 Å². The average molecular weight is 250 g/mol. The molecule has 0 radical (unpaired) electrons. The quantitative estimate of drug-likeness (QED) is 0.807. The van der Waals surface area contributed by atoms with Crippen LogP contribution in [-0.4, -0.2) is 19.1 Å². The molecule has 2 nitrogen and oxygen atoms in total. The zero-order chi connectivity index (χ0) is 13.0. The highest BCUT2D eigenvalue weighted by Gasteiger charge is 2.21. The average Bonchev–Trinajstić information content (AvgIpc) is 2.75. The monoisotopic (exact) mass is 250 g/mol. The molecule has 1 aromatic carbocycles. The lowest BCUT2D eigenvalue weighted by Crippen LogP contribution is -2.26. The summed E-state index contributed by atoms with van der Waals surface area (Å²) in [6, 6.07) is 5.94. The van der Waals surface area contributed by atoms with Gasteiger partial charge in [-0.2, -0.15) is 0 Å². The minimum atomic E-state index is -0.125. The number of rotatable bonds is 5. The third-order valence-corrected chi connectivity index (χ3v) is 3.58. The van der Waals surface area contributed by atoms with Gasteiger partial charge in [0.15, 0.2) is 0 Å². The fraction of sp³-hybridized carbons (Fsp3) is 0.600. The van der Waals surface area contributed by atoms with E-state index in [4.69, 9.17) is 0 Å². The van der Waals surface area contributed by atoms with Crippen LogP contribution in [0, 0.1) is 5.82 Å². The summed E-state index contributed by atoms with van der Waals surface area (Å²) in [4.78, 5) is 2.31. The number of hydrogen-bond acceptors (Lipinski definition) is 2. The first-order valence-electron chi connectivity index (χ1n) is 6.97. The molecular weight excluding hydrogens is 227 g/mol. The molecule has 1 aliphatic heterocycles. The van der Waals surface area contributed by atoms with Crippen LogP contribution in [0.1, 0.15) is 38.7 Å². The highest BCUT2D eigenvalue weighted by atomic mass is 19.1. The topological polar surface area (TPSA) is 15.3 Å². The number of nitrogens with one attached hydrogen (secondary N) is 1. The van der Waals surface area contributed by atoms with Crippen molar-refractivity contribution < 1.29 is 4.39 Å². The van der Waals surface area contributed by atoms with E-state index < -0.39 is 0 Å². The van der Waals surface area contributed by atoms with Crippen LogP contribution >= 0.6 is 0 Å². The summed E-state index contributed by atoms with van der Waals surface area (Å²) in [5, 5.41) is 3.32. The molecule has 1 fully saturated rings. The number of benzene rings is 1. The van der Waals surface area contributed by atoms with E-state index in [0.29, 0.717) is 6.04 Å². The number of nitrogens with zero attached hydrogens (tertiary/aromatic N) is 1. The fourth-order valence-electron chi connectivity index (χ4n) is 2.63. The molecule has 1 atom stereocenters. The maximum atomic E-state index is 13.7. The van der Waals surface area contributed by atoms with E-state index in [9.17, 15) is 4.39 Å². The van der Waals surface area contributed by atoms with Crippen molar-refractivity contribution in [1.82, 2.24) is 5.32 Å². The van der Waals surface area contributed by atoms with E-state index in [1.807, 2.05) is 0 Å². The Kier molecular flexibility index (Phi) is 4.59. The van der Waals surface area contributed by atoms with Gasteiger partial charge in [-0.05, 0) is 56.5 Å². The lowest BCUT2D eigenvalue weighted by Gasteiger charge is -2.24. The summed E-state index contributed by atoms with van der Waals surface area (Å²) in [5.74, 6) is -0.125. The van der Waals surface area contributed by atoms with Crippen molar-refractivity contribution in [3.63, 3.8) is 0 Å². The molecule has 0 bridgehead atoms. The van der Waals surface area contributed by atoms with Crippen LogP contribution in [0.3, 0.4) is 0 Å². The van der Waals surface area contributed by atoms with Crippen molar-refractivity contribution in [2.75, 3.05) is 18.0 Å². The third-order valence-electron chi connectivity index (χ3n) is 3.58. The van der Waals surface area contributed by atoms with Crippen molar-refractivity contribution in [2.24, 2.45) is 0 Å². The van der Waals surface area contributed by atoms with Gasteiger partial charge in [0.2, 0.25) is 0 Å². The third kappa shape index (κ3) is 3.22. The minimum Gasteiger partial charge on any atom is -0.369 e. The maximum absolute atomic E-state index is 13.7. The Bertz CT molecular complexity index is 392. The zero-order valence-electron chi connectivity index (χ0n) is 11.4. The van der Waals surface area contributed by atoms with E-state index in [2.05, 4.69) is 30.1 Å². The Labute approximate surface area is 109 Å². The Morgan fingerprint density at radius 2 is 2.22 bits per heavy atom. The molecule has 0 aliphatic carbocycles. The maximum Gasteiger partial charge on any atom is 0.125 e. The van der Waals surface area contributed by atoms with Crippen LogP contribution in [-0.2, 0) is 6.54 Å². The SMILES string of the molecule is CCCNCc1cc(F)cc(N2CCCC2C)c1. The lowest BCUT2D eigenvalue weighted by atomic mass is 10.1. The largest absolute Gasteiger partial charge is 0.369 e. The second-order valence-corrected chi connectivity index (χ2v) is 5.18. The molecule has 1 unspecified atom stereocenters. The standard InChI is InChI=1S/C15H23FN2/c1-3-6-17-11-13-8-14(16)10-15(9-13)18-7-4-5-12(18)2/h8-10,12,17H,3-7,11H2,1-2H3. The highest BCUT2D eigenvalue weighted by molar-refractivity contribution is 5.50. The van der Waals surface area contributed by atoms with Gasteiger partial charge in [0.25, 0.3) is 0 Å². The molecule has 1 saturated heterocycles. The minimum absolute atomic E-state index is 0.125. The van der Waals surface area contributed by atoms with Crippen molar-refractivity contribution in [2.45, 2.75) is 45.7 Å². The van der Waals surface area contributed by atoms with E-state index in [1.165, 1.54) is 12.8 Å². The van der Waals surface area contributed by atoms with E-state index in [0.717, 1.165) is 37.3 Å². The Balaban J connectivity index is 2.10. The van der Waals surface area contributed by atoms with Gasteiger partial charge in [-0.1, -0.05) is 6.92 Å². The van der Waals surface area contributed by atoms with Gasteiger partial charge < -0.3 is 10.2 Å². The summed E-state index contributed by atoms with van der Waals surface area (Å²) in [6.45, 7) is 7.13. The second kappa shape index (κ2) is 6.19. The predicted octanol–water partition coefficient (Wildman–Crippen LogP) is 3.31. The Morgan fingerprint density at radius 1 is 1.39 bits per heavy atom. The predicted molar refractivity (Wildman–Crippen MR) is 74.4 cm³/mol. The smallest absolute Gasteiger partial charge is 0.125 e. The van der Waals surface area contributed by atoms with E-state index in [1.54, 1.807) is 12.1 Å². The molecule has 18 heavy (non-hydrogen) atoms. The summed E-state index contributed by atoms with van der Waals surface area (Å²) in [7, 11) is 0. The zero-order valence-corrected chi connectivity index (χ0v) is 11.4. The van der Waals surface area contributed by atoms with Crippen LogP contribution in [0.15, 0.2) is 18.2 Å². The molecule has 0 spiro atoms. The molecule has 2 rings (SSSR count). The van der Waals surface area contributed by atoms with Crippen LogP contribution in [0.5, 0.6) is 0 Å². The first kappa shape index (κ1) is 13.3. The highest BCUT2D eigenvalue weighted by Crippen LogP contribution is 2.26. The van der Waals surface area contributed by atoms with Crippen molar-refractivity contribution in [3.8, 4) is 0 Å². The van der Waals surface area contributed by atoms with Gasteiger partial charge >= 0.3 is 0 Å². The van der Waals surface area contributed by atoms with Crippen LogP contribution in [0.25, 0.3) is 0 Å². The number of hydrogen-bond donors (Lipinski definition) is 1.